The fourth-order valence-electron chi connectivity index (χ4n) is 1.30. The van der Waals surface area contributed by atoms with E-state index in [1.54, 1.807) is 20.8 Å². The summed E-state index contributed by atoms with van der Waals surface area (Å²) >= 11 is 5.87. The Kier molecular flexibility index (Phi) is 4.73. The Labute approximate surface area is 120 Å². The highest BCUT2D eigenvalue weighted by Crippen LogP contribution is 2.24. The number of halogens is 1. The van der Waals surface area contributed by atoms with Crippen molar-refractivity contribution in [1.29, 1.82) is 0 Å². The minimum atomic E-state index is -1.59. The summed E-state index contributed by atoms with van der Waals surface area (Å²) in [5.41, 5.74) is -0.675. The molecule has 1 aromatic carbocycles. The van der Waals surface area contributed by atoms with Crippen molar-refractivity contribution < 1.29 is 24.2 Å². The van der Waals surface area contributed by atoms with Crippen molar-refractivity contribution in [3.05, 3.63) is 28.8 Å². The van der Waals surface area contributed by atoms with Crippen LogP contribution in [0.5, 0.6) is 0 Å². The first-order valence-corrected chi connectivity index (χ1v) is 6.05. The van der Waals surface area contributed by atoms with Crippen molar-refractivity contribution in [1.82, 2.24) is 0 Å². The Morgan fingerprint density at radius 1 is 1.25 bits per heavy atom. The van der Waals surface area contributed by atoms with Crippen LogP contribution in [0.3, 0.4) is 0 Å². The second kappa shape index (κ2) is 5.92. The number of hydrogen-bond acceptors (Lipinski definition) is 4. The van der Waals surface area contributed by atoms with E-state index in [2.05, 4.69) is 5.32 Å². The summed E-state index contributed by atoms with van der Waals surface area (Å²) in [5.74, 6) is -2.68. The van der Waals surface area contributed by atoms with Gasteiger partial charge in [0.1, 0.15) is 5.60 Å². The van der Waals surface area contributed by atoms with E-state index in [9.17, 15) is 14.4 Å². The summed E-state index contributed by atoms with van der Waals surface area (Å²) in [6.07, 6.45) is -0.751. The second-order valence-corrected chi connectivity index (χ2v) is 5.36. The molecule has 1 aromatic rings. The predicted octanol–water partition coefficient (Wildman–Crippen LogP) is 2.95. The maximum absolute atomic E-state index is 11.6. The largest absolute Gasteiger partial charge is 0.475 e. The third kappa shape index (κ3) is 4.55. The Morgan fingerprint density at radius 3 is 2.35 bits per heavy atom. The molecule has 0 aliphatic rings. The lowest BCUT2D eigenvalue weighted by atomic mass is 10.1. The van der Waals surface area contributed by atoms with Gasteiger partial charge in [0.2, 0.25) is 0 Å². The third-order valence-corrected chi connectivity index (χ3v) is 2.39. The number of carbonyl (C=O) groups is 3. The molecule has 0 aliphatic heterocycles. The van der Waals surface area contributed by atoms with Crippen LogP contribution in [0.25, 0.3) is 0 Å². The molecule has 6 nitrogen and oxygen atoms in total. The van der Waals surface area contributed by atoms with Gasteiger partial charge in [-0.15, -0.1) is 0 Å². The van der Waals surface area contributed by atoms with Gasteiger partial charge in [0.25, 0.3) is 5.78 Å². The van der Waals surface area contributed by atoms with Gasteiger partial charge in [0, 0.05) is 5.56 Å². The van der Waals surface area contributed by atoms with Crippen LogP contribution in [0.2, 0.25) is 5.02 Å². The van der Waals surface area contributed by atoms with Crippen molar-refractivity contribution in [2.45, 2.75) is 26.4 Å². The van der Waals surface area contributed by atoms with E-state index in [4.69, 9.17) is 21.4 Å². The minimum absolute atomic E-state index is 0.0899. The molecule has 0 saturated heterocycles. The summed E-state index contributed by atoms with van der Waals surface area (Å²) in [7, 11) is 0. The van der Waals surface area contributed by atoms with E-state index in [0.717, 1.165) is 0 Å². The maximum atomic E-state index is 11.6. The molecule has 0 heterocycles. The predicted molar refractivity (Wildman–Crippen MR) is 73.3 cm³/mol. The molecule has 0 fully saturated rings. The van der Waals surface area contributed by atoms with E-state index in [-0.39, 0.29) is 16.3 Å². The van der Waals surface area contributed by atoms with Crippen molar-refractivity contribution >= 4 is 35.1 Å². The molecule has 0 saturated carbocycles. The van der Waals surface area contributed by atoms with Crippen LogP contribution < -0.4 is 5.32 Å². The maximum Gasteiger partial charge on any atom is 0.412 e. The van der Waals surface area contributed by atoms with Crippen LogP contribution in [0.4, 0.5) is 10.5 Å². The smallest absolute Gasteiger partial charge is 0.412 e. The zero-order valence-corrected chi connectivity index (χ0v) is 11.9. The summed E-state index contributed by atoms with van der Waals surface area (Å²) in [4.78, 5) is 33.5. The highest BCUT2D eigenvalue weighted by Gasteiger charge is 2.19. The Hall–Kier alpha value is -2.08. The first kappa shape index (κ1) is 16.0. The zero-order valence-electron chi connectivity index (χ0n) is 11.2. The molecule has 1 amide bonds. The van der Waals surface area contributed by atoms with Gasteiger partial charge in [-0.25, -0.2) is 9.59 Å². The number of rotatable bonds is 3. The van der Waals surface area contributed by atoms with Crippen molar-refractivity contribution in [2.24, 2.45) is 0 Å². The quantitative estimate of drug-likeness (QED) is 0.661. The lowest BCUT2D eigenvalue weighted by Crippen LogP contribution is -2.27. The fraction of sp³-hybridized carbons (Fsp3) is 0.308. The molecular formula is C13H14ClNO5. The molecule has 0 bridgehead atoms. The fourth-order valence-corrected chi connectivity index (χ4v) is 1.46. The SMILES string of the molecule is CC(C)(C)OC(=O)Nc1cc(C(=O)C(=O)O)ccc1Cl. The summed E-state index contributed by atoms with van der Waals surface area (Å²) in [6, 6.07) is 3.77. The Bertz CT molecular complexity index is 562. The van der Waals surface area contributed by atoms with Gasteiger partial charge >= 0.3 is 12.1 Å². The number of nitrogens with one attached hydrogen (secondary N) is 1. The zero-order chi connectivity index (χ0) is 15.5. The van der Waals surface area contributed by atoms with E-state index in [1.165, 1.54) is 18.2 Å². The number of benzene rings is 1. The van der Waals surface area contributed by atoms with Crippen LogP contribution in [-0.4, -0.2) is 28.6 Å². The average molecular weight is 300 g/mol. The summed E-state index contributed by atoms with van der Waals surface area (Å²) in [5, 5.41) is 11.2. The van der Waals surface area contributed by atoms with Gasteiger partial charge in [0.05, 0.1) is 10.7 Å². The number of amides is 1. The topological polar surface area (TPSA) is 92.7 Å². The third-order valence-electron chi connectivity index (χ3n) is 2.06. The molecule has 0 unspecified atom stereocenters. The molecule has 0 aromatic heterocycles. The standard InChI is InChI=1S/C13H14ClNO5/c1-13(2,3)20-12(19)15-9-6-7(4-5-8(9)14)10(16)11(17)18/h4-6H,1-3H3,(H,15,19)(H,17,18). The van der Waals surface area contributed by atoms with Crippen LogP contribution >= 0.6 is 11.6 Å². The van der Waals surface area contributed by atoms with Crippen LogP contribution in [-0.2, 0) is 9.53 Å². The van der Waals surface area contributed by atoms with Crippen molar-refractivity contribution in [3.63, 3.8) is 0 Å². The van der Waals surface area contributed by atoms with E-state index in [0.29, 0.717) is 0 Å². The molecule has 2 N–H and O–H groups in total. The second-order valence-electron chi connectivity index (χ2n) is 4.96. The molecule has 108 valence electrons. The molecule has 1 rings (SSSR count). The van der Waals surface area contributed by atoms with Gasteiger partial charge in [-0.1, -0.05) is 11.6 Å². The summed E-state index contributed by atoms with van der Waals surface area (Å²) < 4.78 is 5.03. The monoisotopic (exact) mass is 299 g/mol. The average Bonchev–Trinajstić information content (AvgIpc) is 2.28. The number of ketones is 1. The molecule has 7 heteroatoms. The number of carbonyl (C=O) groups excluding carboxylic acids is 2. The highest BCUT2D eigenvalue weighted by molar-refractivity contribution is 6.40. The highest BCUT2D eigenvalue weighted by atomic mass is 35.5. The lowest BCUT2D eigenvalue weighted by molar-refractivity contribution is -0.131. The number of aliphatic carboxylic acids is 1. The van der Waals surface area contributed by atoms with Gasteiger partial charge in [-0.2, -0.15) is 0 Å². The molecule has 0 spiro atoms. The van der Waals surface area contributed by atoms with E-state index in [1.807, 2.05) is 0 Å². The lowest BCUT2D eigenvalue weighted by Gasteiger charge is -2.20. The van der Waals surface area contributed by atoms with Gasteiger partial charge in [-0.3, -0.25) is 10.1 Å². The van der Waals surface area contributed by atoms with Gasteiger partial charge < -0.3 is 9.84 Å². The molecule has 0 aliphatic carbocycles. The normalized spacial score (nSPS) is 10.8. The molecule has 0 radical (unpaired) electrons. The number of hydrogen-bond donors (Lipinski definition) is 2. The number of carboxylic acid groups (broad SMARTS) is 1. The molecular weight excluding hydrogens is 286 g/mol. The first-order valence-electron chi connectivity index (χ1n) is 5.67. The van der Waals surface area contributed by atoms with Crippen LogP contribution in [0.15, 0.2) is 18.2 Å². The number of anilines is 1. The number of carboxylic acids is 1. The van der Waals surface area contributed by atoms with Crippen molar-refractivity contribution in [2.75, 3.05) is 5.32 Å². The van der Waals surface area contributed by atoms with E-state index < -0.39 is 23.4 Å². The minimum Gasteiger partial charge on any atom is -0.475 e. The van der Waals surface area contributed by atoms with Gasteiger partial charge in [-0.05, 0) is 39.0 Å². The van der Waals surface area contributed by atoms with Gasteiger partial charge in [0.15, 0.2) is 0 Å². The molecule has 0 atom stereocenters. The number of ether oxygens (including phenoxy) is 1. The van der Waals surface area contributed by atoms with Crippen LogP contribution in [0, 0.1) is 0 Å². The number of Topliss-reactive ketones (excluding diaryl/α,β-unsaturated/α-hetero) is 1. The Morgan fingerprint density at radius 2 is 1.85 bits per heavy atom. The Balaban J connectivity index is 2.95. The first-order chi connectivity index (χ1) is 9.10. The van der Waals surface area contributed by atoms with E-state index >= 15 is 0 Å². The summed E-state index contributed by atoms with van der Waals surface area (Å²) in [6.45, 7) is 5.08. The van der Waals surface area contributed by atoms with Crippen molar-refractivity contribution in [3.8, 4) is 0 Å². The van der Waals surface area contributed by atoms with Crippen LogP contribution in [0.1, 0.15) is 31.1 Å². The molecule has 20 heavy (non-hydrogen) atoms.